The van der Waals surface area contributed by atoms with Crippen molar-refractivity contribution in [2.75, 3.05) is 0 Å². The standard InChI is InChI=1S/C33H38N2O5/c1-6-33(7-2)29(37)35(30(33)39-26-20-18-23(19-21-26)22-27(36)40-32(3,4)5)31(38)34-28(24-14-10-8-11-15-24)25-16-12-9-13-17-25/h8-21,28,30H,6-7,22H2,1-5H3,(H,34,38). The summed E-state index contributed by atoms with van der Waals surface area (Å²) in [5.74, 6) is -0.0467. The van der Waals surface area contributed by atoms with Crippen LogP contribution in [0.1, 0.15) is 70.2 Å². The Morgan fingerprint density at radius 3 is 1.88 bits per heavy atom. The molecule has 0 spiro atoms. The number of amides is 3. The first kappa shape index (κ1) is 28.9. The van der Waals surface area contributed by atoms with E-state index in [0.29, 0.717) is 18.6 Å². The van der Waals surface area contributed by atoms with Crippen LogP contribution in [0.4, 0.5) is 4.79 Å². The Morgan fingerprint density at radius 1 is 0.875 bits per heavy atom. The normalized spacial score (nSPS) is 16.3. The van der Waals surface area contributed by atoms with Crippen LogP contribution in [-0.2, 0) is 20.7 Å². The molecule has 3 aromatic rings. The summed E-state index contributed by atoms with van der Waals surface area (Å²) >= 11 is 0. The monoisotopic (exact) mass is 542 g/mol. The number of nitrogens with one attached hydrogen (secondary N) is 1. The molecule has 4 rings (SSSR count). The first-order valence-electron chi connectivity index (χ1n) is 13.8. The molecule has 1 atom stereocenters. The summed E-state index contributed by atoms with van der Waals surface area (Å²) in [7, 11) is 0. The van der Waals surface area contributed by atoms with E-state index >= 15 is 0 Å². The lowest BCUT2D eigenvalue weighted by atomic mass is 9.72. The number of likely N-dealkylation sites (tertiary alicyclic amines) is 1. The maximum Gasteiger partial charge on any atom is 0.327 e. The van der Waals surface area contributed by atoms with E-state index in [2.05, 4.69) is 5.32 Å². The number of benzene rings is 3. The van der Waals surface area contributed by atoms with Crippen LogP contribution in [0.3, 0.4) is 0 Å². The number of nitrogens with zero attached hydrogens (tertiary/aromatic N) is 1. The Labute approximate surface area is 236 Å². The van der Waals surface area contributed by atoms with Gasteiger partial charge in [0, 0.05) is 0 Å². The zero-order valence-corrected chi connectivity index (χ0v) is 23.8. The van der Waals surface area contributed by atoms with Gasteiger partial charge >= 0.3 is 12.0 Å². The van der Waals surface area contributed by atoms with Gasteiger partial charge in [-0.1, -0.05) is 86.6 Å². The van der Waals surface area contributed by atoms with Gasteiger partial charge in [-0.25, -0.2) is 9.69 Å². The number of rotatable bonds is 9. The smallest absolute Gasteiger partial charge is 0.327 e. The molecule has 0 saturated carbocycles. The Kier molecular flexibility index (Phi) is 8.62. The number of esters is 1. The fraction of sp³-hybridized carbons (Fsp3) is 0.364. The molecule has 7 heteroatoms. The van der Waals surface area contributed by atoms with E-state index in [-0.39, 0.29) is 18.3 Å². The van der Waals surface area contributed by atoms with E-state index in [1.165, 1.54) is 4.90 Å². The van der Waals surface area contributed by atoms with Crippen LogP contribution in [0.5, 0.6) is 5.75 Å². The number of hydrogen-bond acceptors (Lipinski definition) is 5. The van der Waals surface area contributed by atoms with Crippen molar-refractivity contribution in [1.29, 1.82) is 0 Å². The van der Waals surface area contributed by atoms with Crippen LogP contribution < -0.4 is 10.1 Å². The highest BCUT2D eigenvalue weighted by Crippen LogP contribution is 2.46. The van der Waals surface area contributed by atoms with Crippen molar-refractivity contribution in [2.45, 2.75) is 71.8 Å². The minimum atomic E-state index is -0.804. The molecular weight excluding hydrogens is 504 g/mol. The molecule has 1 aliphatic heterocycles. The van der Waals surface area contributed by atoms with Crippen LogP contribution in [0.15, 0.2) is 84.9 Å². The van der Waals surface area contributed by atoms with Crippen molar-refractivity contribution < 1.29 is 23.9 Å². The molecule has 1 N–H and O–H groups in total. The zero-order chi connectivity index (χ0) is 28.9. The quantitative estimate of drug-likeness (QED) is 0.249. The molecule has 210 valence electrons. The van der Waals surface area contributed by atoms with E-state index < -0.39 is 29.3 Å². The molecule has 1 heterocycles. The van der Waals surface area contributed by atoms with Gasteiger partial charge in [-0.2, -0.15) is 0 Å². The fourth-order valence-corrected chi connectivity index (χ4v) is 5.10. The molecule has 1 fully saturated rings. The van der Waals surface area contributed by atoms with Crippen molar-refractivity contribution in [3.8, 4) is 5.75 Å². The zero-order valence-electron chi connectivity index (χ0n) is 23.8. The Bertz CT molecular complexity index is 1270. The average molecular weight is 543 g/mol. The number of imide groups is 1. The molecule has 3 amide bonds. The summed E-state index contributed by atoms with van der Waals surface area (Å²) in [6.07, 6.45) is 0.448. The maximum atomic E-state index is 13.7. The minimum absolute atomic E-state index is 0.141. The van der Waals surface area contributed by atoms with Gasteiger partial charge in [-0.3, -0.25) is 9.59 Å². The van der Waals surface area contributed by atoms with Gasteiger partial charge in [0.15, 0.2) is 6.23 Å². The topological polar surface area (TPSA) is 84.9 Å². The Hall–Kier alpha value is -4.13. The van der Waals surface area contributed by atoms with Gasteiger partial charge in [-0.05, 0) is 62.4 Å². The highest BCUT2D eigenvalue weighted by atomic mass is 16.6. The second kappa shape index (κ2) is 11.9. The average Bonchev–Trinajstić information content (AvgIpc) is 2.93. The lowest BCUT2D eigenvalue weighted by Crippen LogP contribution is -2.73. The van der Waals surface area contributed by atoms with E-state index in [1.807, 2.05) is 95.3 Å². The van der Waals surface area contributed by atoms with Crippen LogP contribution >= 0.6 is 0 Å². The van der Waals surface area contributed by atoms with Crippen molar-refractivity contribution >= 4 is 17.9 Å². The van der Waals surface area contributed by atoms with Crippen molar-refractivity contribution in [3.05, 3.63) is 102 Å². The van der Waals surface area contributed by atoms with Crippen LogP contribution in [0.25, 0.3) is 0 Å². The molecule has 1 saturated heterocycles. The number of hydrogen-bond donors (Lipinski definition) is 1. The first-order valence-corrected chi connectivity index (χ1v) is 13.8. The lowest BCUT2D eigenvalue weighted by molar-refractivity contribution is -0.191. The summed E-state index contributed by atoms with van der Waals surface area (Å²) in [6, 6.07) is 25.5. The minimum Gasteiger partial charge on any atom is -0.469 e. The predicted octanol–water partition coefficient (Wildman–Crippen LogP) is 6.42. The molecule has 3 aromatic carbocycles. The summed E-state index contributed by atoms with van der Waals surface area (Å²) in [6.45, 7) is 9.37. The van der Waals surface area contributed by atoms with Crippen LogP contribution in [-0.4, -0.2) is 34.6 Å². The van der Waals surface area contributed by atoms with Crippen molar-refractivity contribution in [3.63, 3.8) is 0 Å². The third kappa shape index (κ3) is 6.19. The SMILES string of the molecule is CCC1(CC)C(=O)N(C(=O)NC(c2ccccc2)c2ccccc2)C1Oc1ccc(CC(=O)OC(C)(C)C)cc1. The number of carbonyl (C=O) groups is 3. The second-order valence-corrected chi connectivity index (χ2v) is 11.1. The summed E-state index contributed by atoms with van der Waals surface area (Å²) in [4.78, 5) is 40.5. The highest BCUT2D eigenvalue weighted by molar-refractivity contribution is 6.03. The van der Waals surface area contributed by atoms with E-state index in [0.717, 1.165) is 16.7 Å². The molecule has 0 aliphatic carbocycles. The molecule has 7 nitrogen and oxygen atoms in total. The molecule has 1 aliphatic rings. The Morgan fingerprint density at radius 2 is 1.40 bits per heavy atom. The summed E-state index contributed by atoms with van der Waals surface area (Å²) in [5, 5.41) is 3.07. The summed E-state index contributed by atoms with van der Waals surface area (Å²) in [5.41, 5.74) is 1.24. The summed E-state index contributed by atoms with van der Waals surface area (Å²) < 4.78 is 11.7. The van der Waals surface area contributed by atoms with Gasteiger partial charge in [-0.15, -0.1) is 0 Å². The Balaban J connectivity index is 1.54. The third-order valence-corrected chi connectivity index (χ3v) is 7.31. The molecule has 40 heavy (non-hydrogen) atoms. The largest absolute Gasteiger partial charge is 0.469 e. The first-order chi connectivity index (χ1) is 19.1. The van der Waals surface area contributed by atoms with Gasteiger partial charge < -0.3 is 14.8 Å². The predicted molar refractivity (Wildman–Crippen MR) is 154 cm³/mol. The molecule has 0 radical (unpaired) electrons. The van der Waals surface area contributed by atoms with E-state index in [4.69, 9.17) is 9.47 Å². The van der Waals surface area contributed by atoms with Crippen LogP contribution in [0, 0.1) is 5.41 Å². The lowest BCUT2D eigenvalue weighted by Gasteiger charge is -2.53. The van der Waals surface area contributed by atoms with Gasteiger partial charge in [0.25, 0.3) is 0 Å². The third-order valence-electron chi connectivity index (χ3n) is 7.31. The number of urea groups is 1. The molecule has 1 unspecified atom stereocenters. The second-order valence-electron chi connectivity index (χ2n) is 11.1. The molecule has 0 aromatic heterocycles. The van der Waals surface area contributed by atoms with Crippen molar-refractivity contribution in [2.24, 2.45) is 5.41 Å². The fourth-order valence-electron chi connectivity index (χ4n) is 5.10. The molecular formula is C33H38N2O5. The van der Waals surface area contributed by atoms with E-state index in [1.54, 1.807) is 24.3 Å². The maximum absolute atomic E-state index is 13.7. The number of β-lactam (4-membered cyclic amide) rings is 1. The van der Waals surface area contributed by atoms with Gasteiger partial charge in [0.2, 0.25) is 5.91 Å². The highest BCUT2D eigenvalue weighted by Gasteiger charge is 2.63. The van der Waals surface area contributed by atoms with Gasteiger partial charge in [0.1, 0.15) is 16.8 Å². The van der Waals surface area contributed by atoms with Crippen molar-refractivity contribution in [1.82, 2.24) is 10.2 Å². The van der Waals surface area contributed by atoms with Crippen LogP contribution in [0.2, 0.25) is 0 Å². The van der Waals surface area contributed by atoms with Gasteiger partial charge in [0.05, 0.1) is 12.5 Å². The number of carbonyl (C=O) groups excluding carboxylic acids is 3. The van der Waals surface area contributed by atoms with E-state index in [9.17, 15) is 14.4 Å². The molecule has 0 bridgehead atoms. The number of ether oxygens (including phenoxy) is 2.